The number of likely N-dealkylation sites (tertiary alicyclic amines) is 1. The van der Waals surface area contributed by atoms with Gasteiger partial charge < -0.3 is 10.0 Å². The van der Waals surface area contributed by atoms with Crippen LogP contribution in [0.1, 0.15) is 36.6 Å². The molecule has 1 saturated heterocycles. The summed E-state index contributed by atoms with van der Waals surface area (Å²) in [5.41, 5.74) is 2.64. The summed E-state index contributed by atoms with van der Waals surface area (Å²) in [6, 6.07) is 21.9. The third kappa shape index (κ3) is 2.74. The van der Waals surface area contributed by atoms with Crippen LogP contribution in [-0.4, -0.2) is 18.3 Å². The maximum Gasteiger partial charge on any atom is 0.118 e. The van der Waals surface area contributed by atoms with Gasteiger partial charge in [0.05, 0.1) is 13.2 Å². The molecule has 2 heteroatoms. The van der Waals surface area contributed by atoms with E-state index in [9.17, 15) is 5.11 Å². The summed E-state index contributed by atoms with van der Waals surface area (Å²) in [5, 5.41) is 10.5. The molecule has 110 valence electrons. The van der Waals surface area contributed by atoms with E-state index in [-0.39, 0.29) is 12.0 Å². The summed E-state index contributed by atoms with van der Waals surface area (Å²) < 4.78 is 0. The first kappa shape index (κ1) is 14.3. The molecule has 2 aromatic carbocycles. The number of hydrogen-bond donors (Lipinski definition) is 2. The molecule has 2 aromatic rings. The lowest BCUT2D eigenvalue weighted by Crippen LogP contribution is -3.11. The third-order valence-corrected chi connectivity index (χ3v) is 5.01. The van der Waals surface area contributed by atoms with E-state index in [1.165, 1.54) is 16.0 Å². The van der Waals surface area contributed by atoms with Crippen LogP contribution in [-0.2, 0) is 0 Å². The Morgan fingerprint density at radius 3 is 2.00 bits per heavy atom. The number of rotatable bonds is 2. The van der Waals surface area contributed by atoms with Gasteiger partial charge in [0.15, 0.2) is 0 Å². The van der Waals surface area contributed by atoms with Gasteiger partial charge in [0.25, 0.3) is 0 Å². The molecule has 0 bridgehead atoms. The second-order valence-electron chi connectivity index (χ2n) is 6.26. The zero-order chi connectivity index (χ0) is 14.8. The van der Waals surface area contributed by atoms with E-state index in [0.29, 0.717) is 12.1 Å². The number of quaternary nitrogens is 1. The van der Waals surface area contributed by atoms with Crippen molar-refractivity contribution in [3.63, 3.8) is 0 Å². The molecule has 1 aliphatic rings. The Balaban J connectivity index is 1.96. The molecule has 21 heavy (non-hydrogen) atoms. The van der Waals surface area contributed by atoms with Crippen molar-refractivity contribution in [2.24, 2.45) is 5.92 Å². The Kier molecular flexibility index (Phi) is 4.09. The smallest absolute Gasteiger partial charge is 0.118 e. The Bertz CT molecular complexity index is 569. The van der Waals surface area contributed by atoms with Crippen LogP contribution in [0.5, 0.6) is 0 Å². The van der Waals surface area contributed by atoms with Crippen LogP contribution in [0.25, 0.3) is 0 Å². The Morgan fingerprint density at radius 2 is 1.43 bits per heavy atom. The average Bonchev–Trinajstić information content (AvgIpc) is 2.53. The van der Waals surface area contributed by atoms with Crippen LogP contribution in [0.2, 0.25) is 0 Å². The minimum absolute atomic E-state index is 0.246. The van der Waals surface area contributed by atoms with E-state index >= 15 is 0 Å². The number of aliphatic hydroxyl groups is 1. The van der Waals surface area contributed by atoms with Crippen LogP contribution >= 0.6 is 0 Å². The summed E-state index contributed by atoms with van der Waals surface area (Å²) in [6.45, 7) is 2.17. The van der Waals surface area contributed by atoms with Gasteiger partial charge in [-0.25, -0.2) is 0 Å². The maximum absolute atomic E-state index is 10.5. The summed E-state index contributed by atoms with van der Waals surface area (Å²) in [4.78, 5) is 1.48. The Hall–Kier alpha value is -1.64. The van der Waals surface area contributed by atoms with E-state index in [4.69, 9.17) is 0 Å². The van der Waals surface area contributed by atoms with Crippen molar-refractivity contribution in [1.82, 2.24) is 0 Å². The molecule has 3 rings (SSSR count). The van der Waals surface area contributed by atoms with Crippen molar-refractivity contribution in [2.75, 3.05) is 7.05 Å². The highest BCUT2D eigenvalue weighted by Gasteiger charge is 2.43. The predicted octanol–water partition coefficient (Wildman–Crippen LogP) is 2.38. The van der Waals surface area contributed by atoms with Crippen LogP contribution in [0, 0.1) is 5.92 Å². The Morgan fingerprint density at radius 1 is 0.905 bits per heavy atom. The summed E-state index contributed by atoms with van der Waals surface area (Å²) in [5.74, 6) is 0.271. The zero-order valence-corrected chi connectivity index (χ0v) is 12.7. The molecule has 1 fully saturated rings. The number of hydrogen-bond acceptors (Lipinski definition) is 1. The van der Waals surface area contributed by atoms with Crippen LogP contribution in [0.15, 0.2) is 60.7 Å². The fourth-order valence-corrected chi connectivity index (χ4v) is 3.81. The number of benzene rings is 2. The van der Waals surface area contributed by atoms with Crippen molar-refractivity contribution >= 4 is 0 Å². The third-order valence-electron chi connectivity index (χ3n) is 5.01. The van der Waals surface area contributed by atoms with E-state index in [0.717, 1.165) is 6.42 Å². The first-order valence-corrected chi connectivity index (χ1v) is 7.79. The minimum atomic E-state index is -0.246. The van der Waals surface area contributed by atoms with Gasteiger partial charge in [-0.05, 0) is 0 Å². The lowest BCUT2D eigenvalue weighted by Gasteiger charge is -2.43. The van der Waals surface area contributed by atoms with Crippen molar-refractivity contribution < 1.29 is 10.0 Å². The first-order valence-electron chi connectivity index (χ1n) is 7.79. The number of aliphatic hydroxyl groups excluding tert-OH is 1. The average molecular weight is 282 g/mol. The van der Waals surface area contributed by atoms with E-state index < -0.39 is 0 Å². The van der Waals surface area contributed by atoms with Gasteiger partial charge in [-0.3, -0.25) is 0 Å². The van der Waals surface area contributed by atoms with Gasteiger partial charge in [0, 0.05) is 23.5 Å². The van der Waals surface area contributed by atoms with Crippen molar-refractivity contribution in [1.29, 1.82) is 0 Å². The molecule has 0 spiro atoms. The lowest BCUT2D eigenvalue weighted by atomic mass is 9.79. The van der Waals surface area contributed by atoms with Crippen LogP contribution in [0.4, 0.5) is 0 Å². The minimum Gasteiger partial charge on any atom is -0.392 e. The summed E-state index contributed by atoms with van der Waals surface area (Å²) in [6.07, 6.45) is 0.587. The highest BCUT2D eigenvalue weighted by molar-refractivity contribution is 5.21. The quantitative estimate of drug-likeness (QED) is 0.868. The maximum atomic E-state index is 10.5. The molecular weight excluding hydrogens is 258 g/mol. The van der Waals surface area contributed by atoms with E-state index in [1.54, 1.807) is 0 Å². The second kappa shape index (κ2) is 6.00. The van der Waals surface area contributed by atoms with E-state index in [2.05, 4.69) is 74.6 Å². The van der Waals surface area contributed by atoms with Crippen LogP contribution < -0.4 is 4.90 Å². The first-order chi connectivity index (χ1) is 10.2. The molecule has 1 heterocycles. The molecule has 2 N–H and O–H groups in total. The standard InChI is InChI=1S/C19H23NO/c1-14-18(21)13-17(15-9-5-3-6-10-15)20(2)19(14)16-11-7-4-8-12-16/h3-12,14,17-19,21H,13H2,1-2H3/p+1/t14-,17-,18+,19+/m1/s1. The molecule has 0 aromatic heterocycles. The molecule has 1 unspecified atom stereocenters. The number of piperidine rings is 1. The summed E-state index contributed by atoms with van der Waals surface area (Å²) in [7, 11) is 2.26. The number of nitrogens with one attached hydrogen (secondary N) is 1. The molecule has 1 aliphatic heterocycles. The zero-order valence-electron chi connectivity index (χ0n) is 12.7. The highest BCUT2D eigenvalue weighted by Crippen LogP contribution is 2.32. The fraction of sp³-hybridized carbons (Fsp3) is 0.368. The van der Waals surface area contributed by atoms with Crippen molar-refractivity contribution in [3.8, 4) is 0 Å². The lowest BCUT2D eigenvalue weighted by molar-refractivity contribution is -0.955. The molecule has 5 atom stereocenters. The molecule has 2 nitrogen and oxygen atoms in total. The molecule has 0 radical (unpaired) electrons. The molecular formula is C19H24NO+. The second-order valence-corrected chi connectivity index (χ2v) is 6.26. The summed E-state index contributed by atoms with van der Waals surface area (Å²) >= 11 is 0. The highest BCUT2D eigenvalue weighted by atomic mass is 16.3. The normalized spacial score (nSPS) is 32.8. The van der Waals surface area contributed by atoms with Gasteiger partial charge >= 0.3 is 0 Å². The monoisotopic (exact) mass is 282 g/mol. The topological polar surface area (TPSA) is 24.7 Å². The van der Waals surface area contributed by atoms with Gasteiger partial charge in [0.1, 0.15) is 12.1 Å². The van der Waals surface area contributed by atoms with Crippen molar-refractivity contribution in [2.45, 2.75) is 31.5 Å². The largest absolute Gasteiger partial charge is 0.392 e. The van der Waals surface area contributed by atoms with E-state index in [1.807, 2.05) is 0 Å². The molecule has 0 amide bonds. The van der Waals surface area contributed by atoms with Gasteiger partial charge in [-0.2, -0.15) is 0 Å². The van der Waals surface area contributed by atoms with Crippen LogP contribution in [0.3, 0.4) is 0 Å². The molecule has 0 saturated carbocycles. The van der Waals surface area contributed by atoms with Gasteiger partial charge in [-0.15, -0.1) is 0 Å². The van der Waals surface area contributed by atoms with Gasteiger partial charge in [-0.1, -0.05) is 67.6 Å². The molecule has 0 aliphatic carbocycles. The SMILES string of the molecule is C[C@H]1[C@@H](c2ccccc2)[NH+](C)[C@@H](c2ccccc2)C[C@@H]1O. The van der Waals surface area contributed by atoms with Crippen molar-refractivity contribution in [3.05, 3.63) is 71.8 Å². The predicted molar refractivity (Wildman–Crippen MR) is 85.0 cm³/mol. The fourth-order valence-electron chi connectivity index (χ4n) is 3.81. The van der Waals surface area contributed by atoms with Gasteiger partial charge in [0.2, 0.25) is 0 Å². The Labute approximate surface area is 127 Å².